The van der Waals surface area contributed by atoms with Crippen molar-refractivity contribution in [1.29, 1.82) is 15.8 Å². The molecule has 2 aromatic heterocycles. The summed E-state index contributed by atoms with van der Waals surface area (Å²) >= 11 is 0. The second-order valence-electron chi connectivity index (χ2n) is 15.6. The molecule has 0 atom stereocenters. The predicted octanol–water partition coefficient (Wildman–Crippen LogP) is 14.9. The largest absolute Gasteiger partial charge is 0.417 e. The number of nitrogens with zero attached hydrogens (tertiary/aromatic N) is 7. The van der Waals surface area contributed by atoms with Crippen molar-refractivity contribution < 1.29 is 13.2 Å². The van der Waals surface area contributed by atoms with Crippen molar-refractivity contribution in [3.8, 4) is 63.0 Å². The Kier molecular flexibility index (Phi) is 9.29. The van der Waals surface area contributed by atoms with Crippen LogP contribution < -0.4 is 0 Å². The molecule has 0 spiro atoms. The second kappa shape index (κ2) is 15.2. The molecule has 0 aliphatic heterocycles. The zero-order chi connectivity index (χ0) is 45.1. The zero-order valence-electron chi connectivity index (χ0n) is 34.2. The summed E-state index contributed by atoms with van der Waals surface area (Å²) in [6, 6.07) is 50.7. The minimum atomic E-state index is -4.73. The van der Waals surface area contributed by atoms with E-state index in [-0.39, 0.29) is 16.7 Å². The van der Waals surface area contributed by atoms with E-state index in [9.17, 15) is 15.8 Å². The van der Waals surface area contributed by atoms with Gasteiger partial charge in [0.15, 0.2) is 11.4 Å². The second-order valence-corrected chi connectivity index (χ2v) is 15.6. The molecule has 10 aromatic rings. The topological polar surface area (TPSA) is 89.9 Å². The molecule has 0 N–H and O–H groups in total. The van der Waals surface area contributed by atoms with Crippen molar-refractivity contribution >= 4 is 55.0 Å². The molecule has 0 saturated carbocycles. The van der Waals surface area contributed by atoms with Gasteiger partial charge in [-0.1, -0.05) is 60.7 Å². The summed E-state index contributed by atoms with van der Waals surface area (Å²) in [5.74, 6) is 0. The minimum absolute atomic E-state index is 0.0284. The molecule has 0 aliphatic rings. The highest BCUT2D eigenvalue weighted by molar-refractivity contribution is 6.12. The van der Waals surface area contributed by atoms with E-state index in [1.807, 2.05) is 94.1 Å². The lowest BCUT2D eigenvalue weighted by atomic mass is 9.91. The van der Waals surface area contributed by atoms with E-state index in [2.05, 4.69) is 27.9 Å². The monoisotopic (exact) mass is 843 g/mol. The van der Waals surface area contributed by atoms with Crippen molar-refractivity contribution in [2.24, 2.45) is 0 Å². The van der Waals surface area contributed by atoms with Gasteiger partial charge in [-0.3, -0.25) is 0 Å². The lowest BCUT2D eigenvalue weighted by Gasteiger charge is -2.22. The van der Waals surface area contributed by atoms with Gasteiger partial charge >= 0.3 is 6.18 Å². The number of fused-ring (bicyclic) bond motifs is 6. The molecule has 304 valence electrons. The molecule has 0 unspecified atom stereocenters. The molecule has 8 aromatic carbocycles. The van der Waals surface area contributed by atoms with Crippen LogP contribution in [-0.2, 0) is 6.18 Å². The average Bonchev–Trinajstić information content (AvgIpc) is 3.84. The molecular formula is C55H28F3N7. The standard InChI is InChI=1S/C55H28F3N7/c1-32-9-8-12-47(55(56,57)58)54(32)46-28-52(64-48-13-6-4-10-42(48)44-25-35(15-17-50(44)64)37-19-33(29-59)21-40(23-37)62-2)39(31-61)27-53(46)65-49-14-7-5-11-43(49)45-26-36(16-18-51(45)65)38-20-34(30-60)22-41(24-38)63-3/h4-28H,1H3. The lowest BCUT2D eigenvalue weighted by Crippen LogP contribution is -2.10. The van der Waals surface area contributed by atoms with E-state index in [4.69, 9.17) is 13.1 Å². The SMILES string of the molecule is [C-]#[N+]c1cc(C#N)cc(-c2ccc3c(c2)c2ccccc2n3-c2cc(-c3c(C)cccc3C(F)(F)F)c(-n3c4ccccc4c4cc(-c5cc(C#N)cc([N+]#[C-])c5)ccc43)cc2C#N)c1. The van der Waals surface area contributed by atoms with E-state index in [1.54, 1.807) is 49.4 Å². The van der Waals surface area contributed by atoms with Crippen LogP contribution in [0.4, 0.5) is 24.5 Å². The summed E-state index contributed by atoms with van der Waals surface area (Å²) in [6.45, 7) is 16.9. The summed E-state index contributed by atoms with van der Waals surface area (Å²) in [7, 11) is 0. The summed E-state index contributed by atoms with van der Waals surface area (Å²) < 4.78 is 49.7. The van der Waals surface area contributed by atoms with E-state index < -0.39 is 11.7 Å². The summed E-state index contributed by atoms with van der Waals surface area (Å²) in [4.78, 5) is 7.12. The fourth-order valence-electron chi connectivity index (χ4n) is 9.14. The van der Waals surface area contributed by atoms with E-state index >= 15 is 13.2 Å². The van der Waals surface area contributed by atoms with Crippen LogP contribution in [0.2, 0.25) is 0 Å². The number of hydrogen-bond donors (Lipinski definition) is 0. The minimum Gasteiger partial charge on any atom is -0.309 e. The van der Waals surface area contributed by atoms with Gasteiger partial charge in [-0.2, -0.15) is 29.0 Å². The Morgan fingerprint density at radius 2 is 1.00 bits per heavy atom. The maximum atomic E-state index is 15.3. The number of benzene rings is 8. The van der Waals surface area contributed by atoms with Gasteiger partial charge in [0.1, 0.15) is 6.07 Å². The molecule has 0 amide bonds. The van der Waals surface area contributed by atoms with Crippen LogP contribution in [0, 0.1) is 54.1 Å². The Morgan fingerprint density at radius 1 is 0.492 bits per heavy atom. The molecule has 10 rings (SSSR count). The smallest absolute Gasteiger partial charge is 0.309 e. The molecule has 0 bridgehead atoms. The average molecular weight is 844 g/mol. The molecule has 10 heteroatoms. The van der Waals surface area contributed by atoms with E-state index in [1.165, 1.54) is 18.2 Å². The molecule has 2 heterocycles. The number of alkyl halides is 3. The number of aryl methyl sites for hydroxylation is 1. The third-order valence-corrected chi connectivity index (χ3v) is 11.9. The quantitative estimate of drug-likeness (QED) is 0.162. The number of para-hydroxylation sites is 2. The van der Waals surface area contributed by atoms with Crippen LogP contribution in [-0.4, -0.2) is 9.13 Å². The first-order valence-corrected chi connectivity index (χ1v) is 20.2. The van der Waals surface area contributed by atoms with Crippen LogP contribution in [0.25, 0.3) is 98.1 Å². The van der Waals surface area contributed by atoms with Crippen LogP contribution in [0.1, 0.15) is 27.8 Å². The Labute approximate surface area is 370 Å². The first kappa shape index (κ1) is 39.7. The molecular weight excluding hydrogens is 816 g/mol. The zero-order valence-corrected chi connectivity index (χ0v) is 34.2. The van der Waals surface area contributed by atoms with Crippen LogP contribution >= 0.6 is 0 Å². The highest BCUT2D eigenvalue weighted by Crippen LogP contribution is 2.46. The number of hydrogen-bond acceptors (Lipinski definition) is 3. The Morgan fingerprint density at radius 3 is 1.49 bits per heavy atom. The molecule has 65 heavy (non-hydrogen) atoms. The van der Waals surface area contributed by atoms with Gasteiger partial charge in [-0.15, -0.1) is 0 Å². The van der Waals surface area contributed by atoms with Crippen molar-refractivity contribution in [3.05, 3.63) is 202 Å². The summed E-state index contributed by atoms with van der Waals surface area (Å²) in [5.41, 5.74) is 7.69. The first-order chi connectivity index (χ1) is 31.5. The molecule has 0 saturated heterocycles. The normalized spacial score (nSPS) is 11.3. The Balaban J connectivity index is 1.29. The maximum absolute atomic E-state index is 15.3. The van der Waals surface area contributed by atoms with E-state index in [0.29, 0.717) is 67.1 Å². The predicted molar refractivity (Wildman–Crippen MR) is 248 cm³/mol. The van der Waals surface area contributed by atoms with Crippen molar-refractivity contribution in [1.82, 2.24) is 9.13 Å². The third-order valence-electron chi connectivity index (χ3n) is 11.9. The van der Waals surface area contributed by atoms with Crippen LogP contribution in [0.15, 0.2) is 152 Å². The number of aromatic nitrogens is 2. The van der Waals surface area contributed by atoms with Crippen molar-refractivity contribution in [2.75, 3.05) is 0 Å². The van der Waals surface area contributed by atoms with Crippen molar-refractivity contribution in [3.63, 3.8) is 0 Å². The molecule has 0 aliphatic carbocycles. The van der Waals surface area contributed by atoms with Gasteiger partial charge < -0.3 is 9.13 Å². The van der Waals surface area contributed by atoms with E-state index in [0.717, 1.165) is 44.3 Å². The van der Waals surface area contributed by atoms with Gasteiger partial charge in [0, 0.05) is 38.2 Å². The number of halogens is 3. The van der Waals surface area contributed by atoms with Gasteiger partial charge in [0.05, 0.1) is 69.9 Å². The Bertz CT molecular complexity index is 3840. The Hall–Kier alpha value is -9.40. The van der Waals surface area contributed by atoms with Gasteiger partial charge in [-0.05, 0) is 131 Å². The third kappa shape index (κ3) is 6.49. The highest BCUT2D eigenvalue weighted by atomic mass is 19.4. The number of rotatable bonds is 5. The van der Waals surface area contributed by atoms with Gasteiger partial charge in [-0.25, -0.2) is 9.69 Å². The van der Waals surface area contributed by atoms with Gasteiger partial charge in [0.25, 0.3) is 0 Å². The fourth-order valence-corrected chi connectivity index (χ4v) is 9.14. The van der Waals surface area contributed by atoms with Crippen LogP contribution in [0.5, 0.6) is 0 Å². The highest BCUT2D eigenvalue weighted by Gasteiger charge is 2.35. The molecule has 0 radical (unpaired) electrons. The lowest BCUT2D eigenvalue weighted by molar-refractivity contribution is -0.137. The maximum Gasteiger partial charge on any atom is 0.417 e. The van der Waals surface area contributed by atoms with Crippen molar-refractivity contribution in [2.45, 2.75) is 13.1 Å². The molecule has 0 fully saturated rings. The summed E-state index contributed by atoms with van der Waals surface area (Å²) in [6.07, 6.45) is -4.73. The van der Waals surface area contributed by atoms with Gasteiger partial charge in [0.2, 0.25) is 0 Å². The summed E-state index contributed by atoms with van der Waals surface area (Å²) in [5, 5.41) is 33.8. The first-order valence-electron chi connectivity index (χ1n) is 20.2. The molecule has 7 nitrogen and oxygen atoms in total. The van der Waals surface area contributed by atoms with Crippen LogP contribution in [0.3, 0.4) is 0 Å². The number of nitriles is 3. The fraction of sp³-hybridized carbons (Fsp3) is 0.0364.